The quantitative estimate of drug-likeness (QED) is 0.566. The molecule has 0 bridgehead atoms. The number of nitro groups is 1. The van der Waals surface area contributed by atoms with Gasteiger partial charge in [-0.15, -0.1) is 0 Å². The number of nitrogens with zero attached hydrogens (tertiary/aromatic N) is 1. The molecule has 0 amide bonds. The third-order valence-corrected chi connectivity index (χ3v) is 3.93. The molecular formula is C16H15N3O2. The summed E-state index contributed by atoms with van der Waals surface area (Å²) in [6, 6.07) is 14.6. The maximum Gasteiger partial charge on any atom is 0.269 e. The Morgan fingerprint density at radius 2 is 1.48 bits per heavy atom. The zero-order chi connectivity index (χ0) is 14.9. The molecule has 0 atom stereocenters. The van der Waals surface area contributed by atoms with E-state index in [-0.39, 0.29) is 10.6 Å². The molecule has 5 nitrogen and oxygen atoms in total. The van der Waals surface area contributed by atoms with E-state index in [0.717, 1.165) is 17.0 Å². The fourth-order valence-corrected chi connectivity index (χ4v) is 2.66. The summed E-state index contributed by atoms with van der Waals surface area (Å²) in [6.07, 6.45) is 3.75. The van der Waals surface area contributed by atoms with Crippen LogP contribution in [0.3, 0.4) is 0 Å². The van der Waals surface area contributed by atoms with Crippen LogP contribution < -0.4 is 0 Å². The van der Waals surface area contributed by atoms with Gasteiger partial charge in [0.2, 0.25) is 0 Å². The van der Waals surface area contributed by atoms with Gasteiger partial charge >= 0.3 is 0 Å². The number of aromatic amines is 2. The number of benzene rings is 1. The minimum atomic E-state index is -0.415. The third kappa shape index (κ3) is 2.12. The van der Waals surface area contributed by atoms with Gasteiger partial charge in [0.25, 0.3) is 5.69 Å². The van der Waals surface area contributed by atoms with E-state index in [9.17, 15) is 10.1 Å². The highest BCUT2D eigenvalue weighted by atomic mass is 16.6. The zero-order valence-corrected chi connectivity index (χ0v) is 11.5. The van der Waals surface area contributed by atoms with Crippen molar-refractivity contribution in [2.24, 2.45) is 0 Å². The molecule has 0 radical (unpaired) electrons. The monoisotopic (exact) mass is 281 g/mol. The molecule has 106 valence electrons. The SMILES string of the molecule is CC(c1ccc([N+](=O)[O-])cc1)(c1ccc[nH]1)c1ccc[nH]1. The molecule has 0 saturated carbocycles. The van der Waals surface area contributed by atoms with E-state index < -0.39 is 5.41 Å². The van der Waals surface area contributed by atoms with Crippen molar-refractivity contribution >= 4 is 5.69 Å². The molecule has 0 spiro atoms. The molecular weight excluding hydrogens is 266 g/mol. The third-order valence-electron chi connectivity index (χ3n) is 3.93. The summed E-state index contributed by atoms with van der Waals surface area (Å²) in [5, 5.41) is 10.8. The Hall–Kier alpha value is -2.82. The van der Waals surface area contributed by atoms with Crippen molar-refractivity contribution in [3.8, 4) is 0 Å². The smallest absolute Gasteiger partial charge is 0.269 e. The van der Waals surface area contributed by atoms with Crippen LogP contribution in [0.5, 0.6) is 0 Å². The second kappa shape index (κ2) is 4.94. The normalized spacial score (nSPS) is 11.5. The molecule has 3 aromatic rings. The topological polar surface area (TPSA) is 74.7 Å². The van der Waals surface area contributed by atoms with E-state index in [0.29, 0.717) is 0 Å². The lowest BCUT2D eigenvalue weighted by Gasteiger charge is -2.28. The van der Waals surface area contributed by atoms with E-state index in [4.69, 9.17) is 0 Å². The predicted octanol–water partition coefficient (Wildman–Crippen LogP) is 3.61. The van der Waals surface area contributed by atoms with Crippen LogP contribution in [0, 0.1) is 10.1 Å². The molecule has 2 heterocycles. The van der Waals surface area contributed by atoms with Gasteiger partial charge < -0.3 is 9.97 Å². The number of hydrogen-bond donors (Lipinski definition) is 2. The van der Waals surface area contributed by atoms with Crippen LogP contribution in [-0.2, 0) is 5.41 Å². The molecule has 3 rings (SSSR count). The van der Waals surface area contributed by atoms with Crippen molar-refractivity contribution in [1.82, 2.24) is 9.97 Å². The van der Waals surface area contributed by atoms with Crippen LogP contribution in [0.2, 0.25) is 0 Å². The highest BCUT2D eigenvalue weighted by molar-refractivity contribution is 5.47. The standard InChI is InChI=1S/C16H15N3O2/c1-16(14-4-2-10-17-14,15-5-3-11-18-15)12-6-8-13(9-7-12)19(20)21/h2-11,17-18H,1H3. The lowest BCUT2D eigenvalue weighted by molar-refractivity contribution is -0.384. The van der Waals surface area contributed by atoms with Gasteiger partial charge in [-0.25, -0.2) is 0 Å². The molecule has 0 fully saturated rings. The number of non-ortho nitro benzene ring substituents is 1. The van der Waals surface area contributed by atoms with Crippen LogP contribution in [0.15, 0.2) is 60.9 Å². The summed E-state index contributed by atoms with van der Waals surface area (Å²) >= 11 is 0. The molecule has 21 heavy (non-hydrogen) atoms. The van der Waals surface area contributed by atoms with E-state index in [2.05, 4.69) is 16.9 Å². The fourth-order valence-electron chi connectivity index (χ4n) is 2.66. The first kappa shape index (κ1) is 13.2. The van der Waals surface area contributed by atoms with Crippen molar-refractivity contribution in [2.45, 2.75) is 12.3 Å². The average molecular weight is 281 g/mol. The molecule has 0 aliphatic carbocycles. The molecule has 2 aromatic heterocycles. The first-order chi connectivity index (χ1) is 10.1. The van der Waals surface area contributed by atoms with E-state index in [1.807, 2.05) is 36.7 Å². The number of nitrogens with one attached hydrogen (secondary N) is 2. The van der Waals surface area contributed by atoms with Gasteiger partial charge in [-0.1, -0.05) is 12.1 Å². The Labute approximate surface area is 121 Å². The van der Waals surface area contributed by atoms with E-state index in [1.165, 1.54) is 0 Å². The van der Waals surface area contributed by atoms with Gasteiger partial charge in [-0.2, -0.15) is 0 Å². The predicted molar refractivity (Wildman–Crippen MR) is 80.2 cm³/mol. The second-order valence-electron chi connectivity index (χ2n) is 5.10. The Morgan fingerprint density at radius 3 is 1.86 bits per heavy atom. The molecule has 0 saturated heterocycles. The highest BCUT2D eigenvalue weighted by Gasteiger charge is 2.33. The van der Waals surface area contributed by atoms with Gasteiger partial charge in [0.1, 0.15) is 0 Å². The lowest BCUT2D eigenvalue weighted by atomic mass is 9.76. The van der Waals surface area contributed by atoms with Crippen LogP contribution in [-0.4, -0.2) is 14.9 Å². The van der Waals surface area contributed by atoms with Crippen molar-refractivity contribution in [2.75, 3.05) is 0 Å². The minimum absolute atomic E-state index is 0.0964. The molecule has 0 unspecified atom stereocenters. The van der Waals surface area contributed by atoms with Crippen molar-refractivity contribution in [1.29, 1.82) is 0 Å². The summed E-state index contributed by atoms with van der Waals surface area (Å²) in [6.45, 7) is 2.09. The highest BCUT2D eigenvalue weighted by Crippen LogP contribution is 2.37. The van der Waals surface area contributed by atoms with Gasteiger partial charge in [-0.3, -0.25) is 10.1 Å². The van der Waals surface area contributed by atoms with E-state index in [1.54, 1.807) is 24.3 Å². The summed E-state index contributed by atoms with van der Waals surface area (Å²) in [4.78, 5) is 16.9. The zero-order valence-electron chi connectivity index (χ0n) is 11.5. The Bertz CT molecular complexity index is 694. The maximum atomic E-state index is 10.8. The molecule has 2 N–H and O–H groups in total. The summed E-state index contributed by atoms with van der Waals surface area (Å²) in [7, 11) is 0. The Balaban J connectivity index is 2.14. The van der Waals surface area contributed by atoms with Gasteiger partial charge in [-0.05, 0) is 36.8 Å². The summed E-state index contributed by atoms with van der Waals surface area (Å²) < 4.78 is 0. The van der Waals surface area contributed by atoms with E-state index >= 15 is 0 Å². The Kier molecular flexibility index (Phi) is 3.10. The first-order valence-electron chi connectivity index (χ1n) is 6.65. The average Bonchev–Trinajstić information content (AvgIpc) is 3.20. The van der Waals surface area contributed by atoms with Crippen LogP contribution in [0.1, 0.15) is 23.9 Å². The first-order valence-corrected chi connectivity index (χ1v) is 6.65. The largest absolute Gasteiger partial charge is 0.364 e. The molecule has 1 aromatic carbocycles. The molecule has 0 aliphatic rings. The molecule has 0 aliphatic heterocycles. The number of rotatable bonds is 4. The lowest BCUT2D eigenvalue weighted by Crippen LogP contribution is -2.26. The fraction of sp³-hybridized carbons (Fsp3) is 0.125. The van der Waals surface area contributed by atoms with Crippen molar-refractivity contribution in [3.63, 3.8) is 0 Å². The summed E-state index contributed by atoms with van der Waals surface area (Å²) in [5.74, 6) is 0. The number of nitro benzene ring substituents is 1. The van der Waals surface area contributed by atoms with Crippen molar-refractivity contribution in [3.05, 3.63) is 88.0 Å². The van der Waals surface area contributed by atoms with Gasteiger partial charge in [0.05, 0.1) is 10.3 Å². The second-order valence-corrected chi connectivity index (χ2v) is 5.10. The minimum Gasteiger partial charge on any atom is -0.364 e. The summed E-state index contributed by atoms with van der Waals surface area (Å²) in [5.41, 5.74) is 2.72. The maximum absolute atomic E-state index is 10.8. The number of aromatic nitrogens is 2. The van der Waals surface area contributed by atoms with Gasteiger partial charge in [0, 0.05) is 35.9 Å². The molecule has 5 heteroatoms. The van der Waals surface area contributed by atoms with Crippen LogP contribution in [0.4, 0.5) is 5.69 Å². The van der Waals surface area contributed by atoms with Gasteiger partial charge in [0.15, 0.2) is 0 Å². The number of H-pyrrole nitrogens is 2. The van der Waals surface area contributed by atoms with Crippen molar-refractivity contribution < 1.29 is 4.92 Å². The van der Waals surface area contributed by atoms with Crippen LogP contribution >= 0.6 is 0 Å². The van der Waals surface area contributed by atoms with Crippen LogP contribution in [0.25, 0.3) is 0 Å². The number of hydrogen-bond acceptors (Lipinski definition) is 2. The Morgan fingerprint density at radius 1 is 0.952 bits per heavy atom.